The molecule has 0 bridgehead atoms. The molecule has 2 unspecified atom stereocenters. The van der Waals surface area contributed by atoms with E-state index < -0.39 is 0 Å². The number of fused-ring (bicyclic) bond motifs is 2. The molecule has 0 saturated heterocycles. The summed E-state index contributed by atoms with van der Waals surface area (Å²) in [6, 6.07) is 17.3. The van der Waals surface area contributed by atoms with Crippen LogP contribution in [0.25, 0.3) is 12.2 Å². The molecule has 2 atom stereocenters. The first-order chi connectivity index (χ1) is 10.7. The molecule has 0 amide bonds. The Hall–Kier alpha value is -1.12. The van der Waals surface area contributed by atoms with Crippen LogP contribution in [0.3, 0.4) is 0 Å². The van der Waals surface area contributed by atoms with Crippen molar-refractivity contribution < 1.29 is 0 Å². The molecular weight excluding hydrogens is 400 g/mol. The molecule has 0 aromatic heterocycles. The van der Waals surface area contributed by atoms with Gasteiger partial charge in [-0.25, -0.2) is 0 Å². The number of hydrogen-bond acceptors (Lipinski definition) is 0. The molecule has 2 aromatic rings. The third-order valence-electron chi connectivity index (χ3n) is 4.77. The molecule has 22 heavy (non-hydrogen) atoms. The summed E-state index contributed by atoms with van der Waals surface area (Å²) in [7, 11) is 0. The highest BCUT2D eigenvalue weighted by molar-refractivity contribution is 9.09. The second-order valence-electron chi connectivity index (χ2n) is 5.99. The number of alkyl halides is 2. The normalized spacial score (nSPS) is 23.6. The van der Waals surface area contributed by atoms with Crippen LogP contribution in [0, 0.1) is 5.92 Å². The Morgan fingerprint density at radius 2 is 1.14 bits per heavy atom. The van der Waals surface area contributed by atoms with E-state index in [0.717, 1.165) is 0 Å². The number of halogens is 2. The SMILES string of the molecule is CC(C1=Cc2ccccc2C1Br)C1=Cc2ccccc2C1Br. The zero-order valence-electron chi connectivity index (χ0n) is 12.3. The summed E-state index contributed by atoms with van der Waals surface area (Å²) in [6.07, 6.45) is 4.70. The molecule has 110 valence electrons. The van der Waals surface area contributed by atoms with Gasteiger partial charge in [0.15, 0.2) is 0 Å². The van der Waals surface area contributed by atoms with Crippen LogP contribution in [-0.2, 0) is 0 Å². The van der Waals surface area contributed by atoms with E-state index in [9.17, 15) is 0 Å². The van der Waals surface area contributed by atoms with Crippen molar-refractivity contribution in [2.45, 2.75) is 16.6 Å². The van der Waals surface area contributed by atoms with Crippen molar-refractivity contribution >= 4 is 44.0 Å². The lowest BCUT2D eigenvalue weighted by atomic mass is 9.90. The Bertz CT molecular complexity index is 733. The van der Waals surface area contributed by atoms with E-state index in [0.29, 0.717) is 15.6 Å². The van der Waals surface area contributed by atoms with Crippen molar-refractivity contribution in [1.82, 2.24) is 0 Å². The predicted octanol–water partition coefficient (Wildman–Crippen LogP) is 6.69. The highest BCUT2D eigenvalue weighted by atomic mass is 79.9. The summed E-state index contributed by atoms with van der Waals surface area (Å²) in [5, 5.41) is 0. The molecule has 0 heterocycles. The molecule has 0 saturated carbocycles. The van der Waals surface area contributed by atoms with E-state index in [2.05, 4.69) is 99.5 Å². The molecule has 2 aliphatic rings. The Morgan fingerprint density at radius 1 is 0.727 bits per heavy atom. The number of allylic oxidation sites excluding steroid dienone is 2. The second-order valence-corrected chi connectivity index (χ2v) is 7.82. The van der Waals surface area contributed by atoms with Crippen LogP contribution in [0.4, 0.5) is 0 Å². The van der Waals surface area contributed by atoms with Crippen LogP contribution < -0.4 is 0 Å². The first-order valence-electron chi connectivity index (χ1n) is 7.56. The summed E-state index contributed by atoms with van der Waals surface area (Å²) < 4.78 is 0. The molecule has 0 nitrogen and oxygen atoms in total. The van der Waals surface area contributed by atoms with Gasteiger partial charge in [0.1, 0.15) is 0 Å². The van der Waals surface area contributed by atoms with Crippen molar-refractivity contribution in [3.05, 3.63) is 81.9 Å². The van der Waals surface area contributed by atoms with Crippen LogP contribution in [0.5, 0.6) is 0 Å². The van der Waals surface area contributed by atoms with Crippen LogP contribution >= 0.6 is 31.9 Å². The van der Waals surface area contributed by atoms with Crippen LogP contribution in [0.1, 0.15) is 38.8 Å². The van der Waals surface area contributed by atoms with Crippen molar-refractivity contribution in [1.29, 1.82) is 0 Å². The fourth-order valence-corrected chi connectivity index (χ4v) is 5.38. The third-order valence-corrected chi connectivity index (χ3v) is 6.81. The molecule has 4 rings (SSSR count). The molecule has 2 aromatic carbocycles. The topological polar surface area (TPSA) is 0 Å². The van der Waals surface area contributed by atoms with E-state index in [4.69, 9.17) is 0 Å². The van der Waals surface area contributed by atoms with Gasteiger partial charge in [-0.3, -0.25) is 0 Å². The van der Waals surface area contributed by atoms with Crippen LogP contribution in [-0.4, -0.2) is 0 Å². The fraction of sp³-hybridized carbons (Fsp3) is 0.200. The maximum Gasteiger partial charge on any atom is 0.0619 e. The summed E-state index contributed by atoms with van der Waals surface area (Å²) in [5.41, 5.74) is 8.34. The summed E-state index contributed by atoms with van der Waals surface area (Å²) in [5.74, 6) is 0.411. The van der Waals surface area contributed by atoms with Crippen molar-refractivity contribution in [2.24, 2.45) is 5.92 Å². The maximum atomic E-state index is 3.90. The molecular formula is C20H16Br2. The first-order valence-corrected chi connectivity index (χ1v) is 9.39. The molecule has 0 aliphatic heterocycles. The zero-order chi connectivity index (χ0) is 15.3. The minimum absolute atomic E-state index is 0.322. The van der Waals surface area contributed by atoms with E-state index in [1.54, 1.807) is 0 Å². The lowest BCUT2D eigenvalue weighted by Crippen LogP contribution is -2.07. The van der Waals surface area contributed by atoms with Gasteiger partial charge in [-0.15, -0.1) is 0 Å². The van der Waals surface area contributed by atoms with Gasteiger partial charge in [-0.05, 0) is 33.4 Å². The Labute approximate surface area is 148 Å². The van der Waals surface area contributed by atoms with Gasteiger partial charge in [-0.2, -0.15) is 0 Å². The van der Waals surface area contributed by atoms with Crippen molar-refractivity contribution in [3.8, 4) is 0 Å². The van der Waals surface area contributed by atoms with Gasteiger partial charge in [-0.1, -0.05) is 99.5 Å². The minimum atomic E-state index is 0.322. The fourth-order valence-electron chi connectivity index (χ4n) is 3.49. The van der Waals surface area contributed by atoms with E-state index in [1.165, 1.54) is 33.4 Å². The van der Waals surface area contributed by atoms with E-state index >= 15 is 0 Å². The quantitative estimate of drug-likeness (QED) is 0.479. The first kappa shape index (κ1) is 14.5. The van der Waals surface area contributed by atoms with E-state index in [1.807, 2.05) is 0 Å². The van der Waals surface area contributed by atoms with Gasteiger partial charge in [0.25, 0.3) is 0 Å². The second kappa shape index (κ2) is 5.50. The third kappa shape index (κ3) is 2.16. The van der Waals surface area contributed by atoms with Gasteiger partial charge in [0.05, 0.1) is 9.65 Å². The van der Waals surface area contributed by atoms with Crippen LogP contribution in [0.15, 0.2) is 59.7 Å². The smallest absolute Gasteiger partial charge is 0.0619 e. The highest BCUT2D eigenvalue weighted by Crippen LogP contribution is 2.51. The van der Waals surface area contributed by atoms with Gasteiger partial charge in [0.2, 0.25) is 0 Å². The van der Waals surface area contributed by atoms with Gasteiger partial charge in [0, 0.05) is 5.92 Å². The van der Waals surface area contributed by atoms with Crippen LogP contribution in [0.2, 0.25) is 0 Å². The molecule has 0 fully saturated rings. The molecule has 2 aliphatic carbocycles. The van der Waals surface area contributed by atoms with E-state index in [-0.39, 0.29) is 0 Å². The summed E-state index contributed by atoms with van der Waals surface area (Å²) in [6.45, 7) is 2.32. The molecule has 0 radical (unpaired) electrons. The standard InChI is InChI=1S/C20H16Br2/c1-12(17-10-13-6-2-4-8-15(13)19(17)21)18-11-14-7-3-5-9-16(14)20(18)22/h2-12,19-20H,1H3. The Morgan fingerprint density at radius 3 is 1.55 bits per heavy atom. The maximum absolute atomic E-state index is 3.90. The van der Waals surface area contributed by atoms with Crippen molar-refractivity contribution in [3.63, 3.8) is 0 Å². The zero-order valence-corrected chi connectivity index (χ0v) is 15.4. The molecule has 0 N–H and O–H groups in total. The monoisotopic (exact) mass is 414 g/mol. The van der Waals surface area contributed by atoms with Gasteiger partial charge >= 0.3 is 0 Å². The lowest BCUT2D eigenvalue weighted by Gasteiger charge is -2.21. The largest absolute Gasteiger partial charge is 0.0789 e. The predicted molar refractivity (Wildman–Crippen MR) is 101 cm³/mol. The van der Waals surface area contributed by atoms with Gasteiger partial charge < -0.3 is 0 Å². The molecule has 0 spiro atoms. The summed E-state index contributed by atoms with van der Waals surface area (Å²) in [4.78, 5) is 0.644. The number of rotatable bonds is 2. The number of benzene rings is 2. The highest BCUT2D eigenvalue weighted by Gasteiger charge is 2.32. The average molecular weight is 416 g/mol. The number of hydrogen-bond donors (Lipinski definition) is 0. The Kier molecular flexibility index (Phi) is 3.62. The average Bonchev–Trinajstić information content (AvgIpc) is 3.06. The lowest BCUT2D eigenvalue weighted by molar-refractivity contribution is 0.765. The Balaban J connectivity index is 1.69. The van der Waals surface area contributed by atoms with Crippen molar-refractivity contribution in [2.75, 3.05) is 0 Å². The summed E-state index contributed by atoms with van der Waals surface area (Å²) >= 11 is 7.79. The minimum Gasteiger partial charge on any atom is -0.0789 e. The molecule has 2 heteroatoms.